The van der Waals surface area contributed by atoms with Gasteiger partial charge in [-0.25, -0.2) is 0 Å². The number of rotatable bonds is 4. The van der Waals surface area contributed by atoms with Crippen LogP contribution in [0.4, 0.5) is 18.9 Å². The van der Waals surface area contributed by atoms with Crippen LogP contribution in [0.25, 0.3) is 0 Å². The molecule has 1 fully saturated rings. The van der Waals surface area contributed by atoms with E-state index in [4.69, 9.17) is 0 Å². The number of halogens is 3. The maximum atomic E-state index is 13.0. The number of carbonyl (C=O) groups is 1. The Morgan fingerprint density at radius 1 is 1.35 bits per heavy atom. The summed E-state index contributed by atoms with van der Waals surface area (Å²) in [7, 11) is 0. The molecule has 3 nitrogen and oxygen atoms in total. The van der Waals surface area contributed by atoms with E-state index in [0.29, 0.717) is 6.54 Å². The Balaban J connectivity index is 2.23. The normalized spacial score (nSPS) is 15.6. The summed E-state index contributed by atoms with van der Waals surface area (Å²) in [6, 6.07) is 3.74. The quantitative estimate of drug-likeness (QED) is 0.890. The van der Waals surface area contributed by atoms with Crippen LogP contribution in [0.15, 0.2) is 18.2 Å². The molecule has 1 aromatic carbocycles. The lowest BCUT2D eigenvalue weighted by Crippen LogP contribution is -2.39. The molecule has 0 aliphatic heterocycles. The van der Waals surface area contributed by atoms with Crippen molar-refractivity contribution in [2.45, 2.75) is 38.4 Å². The fourth-order valence-corrected chi connectivity index (χ4v) is 2.09. The third kappa shape index (κ3) is 3.23. The van der Waals surface area contributed by atoms with E-state index < -0.39 is 17.6 Å². The van der Waals surface area contributed by atoms with Crippen LogP contribution in [0.2, 0.25) is 0 Å². The van der Waals surface area contributed by atoms with Crippen LogP contribution in [-0.4, -0.2) is 18.5 Å². The maximum Gasteiger partial charge on any atom is 0.418 e. The lowest BCUT2D eigenvalue weighted by Gasteiger charge is -2.26. The topological polar surface area (TPSA) is 41.1 Å². The van der Waals surface area contributed by atoms with Gasteiger partial charge in [0.25, 0.3) is 5.91 Å². The largest absolute Gasteiger partial charge is 0.418 e. The highest BCUT2D eigenvalue weighted by atomic mass is 19.4. The fourth-order valence-electron chi connectivity index (χ4n) is 2.09. The molecule has 0 radical (unpaired) electrons. The van der Waals surface area contributed by atoms with Gasteiger partial charge in [-0.2, -0.15) is 13.2 Å². The first-order valence-electron chi connectivity index (χ1n) is 6.67. The van der Waals surface area contributed by atoms with Gasteiger partial charge < -0.3 is 10.6 Å². The van der Waals surface area contributed by atoms with Gasteiger partial charge >= 0.3 is 6.18 Å². The summed E-state index contributed by atoms with van der Waals surface area (Å²) in [5.41, 5.74) is -0.758. The van der Waals surface area contributed by atoms with Crippen molar-refractivity contribution in [2.75, 3.05) is 11.9 Å². The molecule has 110 valence electrons. The van der Waals surface area contributed by atoms with Gasteiger partial charge in [-0.3, -0.25) is 4.79 Å². The van der Waals surface area contributed by atoms with Gasteiger partial charge in [0.05, 0.1) is 5.56 Å². The van der Waals surface area contributed by atoms with E-state index in [-0.39, 0.29) is 17.3 Å². The third-order valence-electron chi connectivity index (χ3n) is 3.39. The first-order chi connectivity index (χ1) is 9.41. The summed E-state index contributed by atoms with van der Waals surface area (Å²) in [5.74, 6) is -0.441. The molecule has 0 aromatic heterocycles. The van der Waals surface area contributed by atoms with E-state index in [9.17, 15) is 18.0 Å². The summed E-state index contributed by atoms with van der Waals surface area (Å²) in [6.07, 6.45) is -1.64. The number of hydrogen-bond donors (Lipinski definition) is 2. The number of benzene rings is 1. The minimum absolute atomic E-state index is 0.000180. The van der Waals surface area contributed by atoms with Crippen molar-refractivity contribution in [1.82, 2.24) is 5.32 Å². The van der Waals surface area contributed by atoms with E-state index in [1.165, 1.54) is 12.1 Å². The van der Waals surface area contributed by atoms with Crippen LogP contribution in [0.3, 0.4) is 0 Å². The number of nitrogens with one attached hydrogen (secondary N) is 2. The van der Waals surface area contributed by atoms with E-state index >= 15 is 0 Å². The van der Waals surface area contributed by atoms with Gasteiger partial charge in [-0.1, -0.05) is 0 Å². The molecular weight excluding hydrogens is 269 g/mol. The minimum Gasteiger partial charge on any atom is -0.385 e. The molecule has 6 heteroatoms. The zero-order valence-electron chi connectivity index (χ0n) is 11.2. The molecule has 1 aliphatic rings. The lowest BCUT2D eigenvalue weighted by atomic mass is 9.93. The number of carbonyl (C=O) groups excluding carboxylic acids is 1. The molecule has 1 saturated carbocycles. The highest BCUT2D eigenvalue weighted by Gasteiger charge is 2.34. The Hall–Kier alpha value is -1.72. The second-order valence-electron chi connectivity index (χ2n) is 4.89. The van der Waals surface area contributed by atoms with Crippen LogP contribution in [0, 0.1) is 0 Å². The molecule has 0 heterocycles. The van der Waals surface area contributed by atoms with E-state index in [0.717, 1.165) is 25.3 Å². The highest BCUT2D eigenvalue weighted by molar-refractivity contribution is 5.95. The van der Waals surface area contributed by atoms with Crippen molar-refractivity contribution in [3.8, 4) is 0 Å². The summed E-state index contributed by atoms with van der Waals surface area (Å²) >= 11 is 0. The van der Waals surface area contributed by atoms with Crippen LogP contribution in [0.5, 0.6) is 0 Å². The smallest absolute Gasteiger partial charge is 0.385 e. The summed E-state index contributed by atoms with van der Waals surface area (Å²) in [5, 5.41) is 5.40. The maximum absolute atomic E-state index is 13.0. The van der Waals surface area contributed by atoms with Crippen LogP contribution < -0.4 is 10.6 Å². The Labute approximate surface area is 115 Å². The number of anilines is 1. The molecule has 0 bridgehead atoms. The Morgan fingerprint density at radius 3 is 2.55 bits per heavy atom. The van der Waals surface area contributed by atoms with Gasteiger partial charge in [-0.15, -0.1) is 0 Å². The summed E-state index contributed by atoms with van der Waals surface area (Å²) in [4.78, 5) is 11.9. The molecular formula is C14H17F3N2O. The Morgan fingerprint density at radius 2 is 2.05 bits per heavy atom. The van der Waals surface area contributed by atoms with Gasteiger partial charge in [0.1, 0.15) is 0 Å². The Bertz CT molecular complexity index is 496. The van der Waals surface area contributed by atoms with Crippen LogP contribution >= 0.6 is 0 Å². The fraction of sp³-hybridized carbons (Fsp3) is 0.500. The Kier molecular flexibility index (Phi) is 4.20. The predicted octanol–water partition coefficient (Wildman–Crippen LogP) is 3.42. The van der Waals surface area contributed by atoms with Crippen molar-refractivity contribution in [3.63, 3.8) is 0 Å². The molecule has 1 aliphatic carbocycles. The van der Waals surface area contributed by atoms with Gasteiger partial charge in [0, 0.05) is 23.8 Å². The highest BCUT2D eigenvalue weighted by Crippen LogP contribution is 2.35. The molecule has 0 atom stereocenters. The van der Waals surface area contributed by atoms with E-state index in [1.807, 2.05) is 0 Å². The third-order valence-corrected chi connectivity index (χ3v) is 3.39. The monoisotopic (exact) mass is 286 g/mol. The molecule has 0 unspecified atom stereocenters. The van der Waals surface area contributed by atoms with Gasteiger partial charge in [0.15, 0.2) is 0 Å². The summed E-state index contributed by atoms with van der Waals surface area (Å²) in [6.45, 7) is 2.11. The van der Waals surface area contributed by atoms with E-state index in [2.05, 4.69) is 10.6 Å². The summed E-state index contributed by atoms with van der Waals surface area (Å²) < 4.78 is 38.9. The van der Waals surface area contributed by atoms with Crippen molar-refractivity contribution >= 4 is 11.6 Å². The van der Waals surface area contributed by atoms with Crippen molar-refractivity contribution in [3.05, 3.63) is 29.3 Å². The second-order valence-corrected chi connectivity index (χ2v) is 4.89. The zero-order chi connectivity index (χ0) is 14.8. The standard InChI is InChI=1S/C14H17F3N2O/c1-2-18-12-7-6-9(8-11(12)14(15,16)17)13(20)19-10-4-3-5-10/h6-8,10,18H,2-5H2,1H3,(H,19,20). The number of alkyl halides is 3. The molecule has 0 saturated heterocycles. The molecule has 0 spiro atoms. The second kappa shape index (κ2) is 5.73. The van der Waals surface area contributed by atoms with E-state index in [1.54, 1.807) is 6.92 Å². The van der Waals surface area contributed by atoms with Crippen LogP contribution in [-0.2, 0) is 6.18 Å². The SMILES string of the molecule is CCNc1ccc(C(=O)NC2CCC2)cc1C(F)(F)F. The van der Waals surface area contributed by atoms with Gasteiger partial charge in [-0.05, 0) is 44.4 Å². The zero-order valence-corrected chi connectivity index (χ0v) is 11.2. The first-order valence-corrected chi connectivity index (χ1v) is 6.67. The molecule has 1 aromatic rings. The number of hydrogen-bond acceptors (Lipinski definition) is 2. The lowest BCUT2D eigenvalue weighted by molar-refractivity contribution is -0.137. The van der Waals surface area contributed by atoms with Crippen LogP contribution in [0.1, 0.15) is 42.1 Å². The average Bonchev–Trinajstić information content (AvgIpc) is 2.33. The van der Waals surface area contributed by atoms with Crippen molar-refractivity contribution in [2.24, 2.45) is 0 Å². The van der Waals surface area contributed by atoms with Crippen molar-refractivity contribution < 1.29 is 18.0 Å². The van der Waals surface area contributed by atoms with Crippen molar-refractivity contribution in [1.29, 1.82) is 0 Å². The molecule has 2 N–H and O–H groups in total. The number of amides is 1. The average molecular weight is 286 g/mol. The van der Waals surface area contributed by atoms with Gasteiger partial charge in [0.2, 0.25) is 0 Å². The molecule has 1 amide bonds. The predicted molar refractivity (Wildman–Crippen MR) is 70.7 cm³/mol. The molecule has 20 heavy (non-hydrogen) atoms. The molecule has 2 rings (SSSR count). The minimum atomic E-state index is -4.48. The first kappa shape index (κ1) is 14.7.